The predicted octanol–water partition coefficient (Wildman–Crippen LogP) is 3.74. The van der Waals surface area contributed by atoms with Crippen molar-refractivity contribution in [3.8, 4) is 11.5 Å². The first kappa shape index (κ1) is 19.8. The van der Waals surface area contributed by atoms with E-state index in [1.54, 1.807) is 54.6 Å². The number of nitrogens with zero attached hydrogens (tertiary/aromatic N) is 1. The topological polar surface area (TPSA) is 77.0 Å². The third-order valence-corrected chi connectivity index (χ3v) is 3.86. The molecule has 3 rings (SSSR count). The van der Waals surface area contributed by atoms with E-state index in [0.717, 1.165) is 11.1 Å². The van der Waals surface area contributed by atoms with E-state index in [9.17, 15) is 9.59 Å². The standard InChI is InChI=1S/C23H20N2O4/c1-17-6-5-9-21(14-17)28-16-22(26)25-24-15-18-10-12-20(13-11-18)29-23(27)19-7-3-2-4-8-19/h2-15H,16H2,1H3,(H,25,26). The first-order valence-corrected chi connectivity index (χ1v) is 8.99. The Morgan fingerprint density at radius 1 is 0.931 bits per heavy atom. The number of carbonyl (C=O) groups excluding carboxylic acids is 2. The number of amides is 1. The lowest BCUT2D eigenvalue weighted by Gasteiger charge is -2.05. The zero-order valence-electron chi connectivity index (χ0n) is 15.9. The van der Waals surface area contributed by atoms with Crippen LogP contribution in [0.2, 0.25) is 0 Å². The number of hydrazone groups is 1. The molecule has 0 heterocycles. The van der Waals surface area contributed by atoms with E-state index >= 15 is 0 Å². The molecule has 0 saturated carbocycles. The van der Waals surface area contributed by atoms with Gasteiger partial charge in [0.25, 0.3) is 5.91 Å². The normalized spacial score (nSPS) is 10.5. The summed E-state index contributed by atoms with van der Waals surface area (Å²) in [5.74, 6) is 0.264. The van der Waals surface area contributed by atoms with Crippen LogP contribution in [0.5, 0.6) is 11.5 Å². The van der Waals surface area contributed by atoms with Crippen molar-refractivity contribution in [1.82, 2.24) is 5.43 Å². The monoisotopic (exact) mass is 388 g/mol. The summed E-state index contributed by atoms with van der Waals surface area (Å²) in [7, 11) is 0. The summed E-state index contributed by atoms with van der Waals surface area (Å²) in [6, 6.07) is 23.0. The molecule has 0 aliphatic carbocycles. The van der Waals surface area contributed by atoms with Gasteiger partial charge >= 0.3 is 5.97 Å². The van der Waals surface area contributed by atoms with Crippen molar-refractivity contribution < 1.29 is 19.1 Å². The molecule has 1 amide bonds. The summed E-state index contributed by atoms with van der Waals surface area (Å²) < 4.78 is 10.7. The second-order valence-corrected chi connectivity index (χ2v) is 6.22. The quantitative estimate of drug-likeness (QED) is 0.289. The molecule has 6 nitrogen and oxygen atoms in total. The van der Waals surface area contributed by atoms with E-state index in [1.165, 1.54) is 6.21 Å². The van der Waals surface area contributed by atoms with Crippen molar-refractivity contribution in [2.24, 2.45) is 5.10 Å². The molecule has 0 fully saturated rings. The van der Waals surface area contributed by atoms with Crippen LogP contribution in [0, 0.1) is 6.92 Å². The molecule has 0 bridgehead atoms. The van der Waals surface area contributed by atoms with Crippen molar-refractivity contribution in [3.05, 3.63) is 95.6 Å². The average Bonchev–Trinajstić information content (AvgIpc) is 2.74. The van der Waals surface area contributed by atoms with Gasteiger partial charge in [0.2, 0.25) is 0 Å². The largest absolute Gasteiger partial charge is 0.484 e. The third kappa shape index (κ3) is 6.32. The molecule has 29 heavy (non-hydrogen) atoms. The number of benzene rings is 3. The highest BCUT2D eigenvalue weighted by atomic mass is 16.5. The van der Waals surface area contributed by atoms with Crippen LogP contribution in [-0.4, -0.2) is 24.7 Å². The SMILES string of the molecule is Cc1cccc(OCC(=O)NN=Cc2ccc(OC(=O)c3ccccc3)cc2)c1. The Bertz CT molecular complexity index is 999. The molecule has 3 aromatic rings. The Morgan fingerprint density at radius 3 is 2.41 bits per heavy atom. The van der Waals surface area contributed by atoms with Gasteiger partial charge in [-0.1, -0.05) is 30.3 Å². The van der Waals surface area contributed by atoms with Gasteiger partial charge < -0.3 is 9.47 Å². The summed E-state index contributed by atoms with van der Waals surface area (Å²) >= 11 is 0. The van der Waals surface area contributed by atoms with Gasteiger partial charge in [-0.25, -0.2) is 10.2 Å². The molecule has 0 saturated heterocycles. The van der Waals surface area contributed by atoms with E-state index in [-0.39, 0.29) is 12.5 Å². The number of rotatable bonds is 7. The van der Waals surface area contributed by atoms with E-state index < -0.39 is 5.97 Å². The fourth-order valence-electron chi connectivity index (χ4n) is 2.43. The van der Waals surface area contributed by atoms with Gasteiger partial charge in [-0.15, -0.1) is 0 Å². The lowest BCUT2D eigenvalue weighted by molar-refractivity contribution is -0.123. The summed E-state index contributed by atoms with van der Waals surface area (Å²) in [4.78, 5) is 23.8. The third-order valence-electron chi connectivity index (χ3n) is 3.86. The van der Waals surface area contributed by atoms with E-state index in [1.807, 2.05) is 31.2 Å². The molecule has 0 aliphatic heterocycles. The predicted molar refractivity (Wildman–Crippen MR) is 110 cm³/mol. The number of ether oxygens (including phenoxy) is 2. The van der Waals surface area contributed by atoms with E-state index in [0.29, 0.717) is 17.1 Å². The van der Waals surface area contributed by atoms with Crippen molar-refractivity contribution in [2.75, 3.05) is 6.61 Å². The molecular formula is C23H20N2O4. The Morgan fingerprint density at radius 2 is 1.69 bits per heavy atom. The summed E-state index contributed by atoms with van der Waals surface area (Å²) in [6.07, 6.45) is 1.49. The summed E-state index contributed by atoms with van der Waals surface area (Å²) in [5.41, 5.74) is 4.68. The second-order valence-electron chi connectivity index (χ2n) is 6.22. The van der Waals surface area contributed by atoms with E-state index in [2.05, 4.69) is 10.5 Å². The van der Waals surface area contributed by atoms with Gasteiger partial charge in [0.05, 0.1) is 11.8 Å². The Balaban J connectivity index is 1.46. The zero-order valence-corrected chi connectivity index (χ0v) is 15.9. The number of carbonyl (C=O) groups is 2. The van der Waals surface area contributed by atoms with Crippen LogP contribution in [0.25, 0.3) is 0 Å². The maximum absolute atomic E-state index is 12.0. The number of hydrogen-bond donors (Lipinski definition) is 1. The molecule has 1 N–H and O–H groups in total. The second kappa shape index (κ2) is 9.85. The highest BCUT2D eigenvalue weighted by Crippen LogP contribution is 2.14. The van der Waals surface area contributed by atoms with Gasteiger partial charge in [-0.3, -0.25) is 4.79 Å². The van der Waals surface area contributed by atoms with Gasteiger partial charge in [0.1, 0.15) is 11.5 Å². The van der Waals surface area contributed by atoms with Crippen LogP contribution in [0.15, 0.2) is 84.0 Å². The smallest absolute Gasteiger partial charge is 0.343 e. The van der Waals surface area contributed by atoms with Gasteiger partial charge in [-0.05, 0) is 66.6 Å². The fraction of sp³-hybridized carbons (Fsp3) is 0.0870. The molecule has 0 aliphatic rings. The highest BCUT2D eigenvalue weighted by Gasteiger charge is 2.07. The molecule has 0 unspecified atom stereocenters. The van der Waals surface area contributed by atoms with Crippen LogP contribution < -0.4 is 14.9 Å². The van der Waals surface area contributed by atoms with Crippen LogP contribution in [0.3, 0.4) is 0 Å². The first-order chi connectivity index (χ1) is 14.1. The number of nitrogens with one attached hydrogen (secondary N) is 1. The minimum Gasteiger partial charge on any atom is -0.484 e. The van der Waals surface area contributed by atoms with Crippen molar-refractivity contribution >= 4 is 18.1 Å². The molecule has 146 valence electrons. The van der Waals surface area contributed by atoms with Crippen molar-refractivity contribution in [1.29, 1.82) is 0 Å². The lowest BCUT2D eigenvalue weighted by Crippen LogP contribution is -2.24. The van der Waals surface area contributed by atoms with Crippen molar-refractivity contribution in [2.45, 2.75) is 6.92 Å². The molecule has 6 heteroatoms. The lowest BCUT2D eigenvalue weighted by atomic mass is 10.2. The van der Waals surface area contributed by atoms with E-state index in [4.69, 9.17) is 9.47 Å². The number of esters is 1. The first-order valence-electron chi connectivity index (χ1n) is 8.99. The Labute approximate surface area is 168 Å². The van der Waals surface area contributed by atoms with Crippen LogP contribution >= 0.6 is 0 Å². The zero-order chi connectivity index (χ0) is 20.5. The minimum atomic E-state index is -0.423. The summed E-state index contributed by atoms with van der Waals surface area (Å²) in [5, 5.41) is 3.90. The molecule has 0 aromatic heterocycles. The molecule has 3 aromatic carbocycles. The van der Waals surface area contributed by atoms with Crippen LogP contribution in [0.1, 0.15) is 21.5 Å². The summed E-state index contributed by atoms with van der Waals surface area (Å²) in [6.45, 7) is 1.82. The maximum atomic E-state index is 12.0. The Kier molecular flexibility index (Phi) is 6.73. The molecule has 0 atom stereocenters. The maximum Gasteiger partial charge on any atom is 0.343 e. The molecule has 0 radical (unpaired) electrons. The van der Waals surface area contributed by atoms with Gasteiger partial charge in [0.15, 0.2) is 6.61 Å². The van der Waals surface area contributed by atoms with Gasteiger partial charge in [0, 0.05) is 0 Å². The fourth-order valence-corrected chi connectivity index (χ4v) is 2.43. The van der Waals surface area contributed by atoms with Crippen molar-refractivity contribution in [3.63, 3.8) is 0 Å². The average molecular weight is 388 g/mol. The Hall–Kier alpha value is -3.93. The highest BCUT2D eigenvalue weighted by molar-refractivity contribution is 5.91. The molecule has 0 spiro atoms. The number of hydrogen-bond acceptors (Lipinski definition) is 5. The van der Waals surface area contributed by atoms with Crippen LogP contribution in [-0.2, 0) is 4.79 Å². The minimum absolute atomic E-state index is 0.130. The van der Waals surface area contributed by atoms with Crippen LogP contribution in [0.4, 0.5) is 0 Å². The van der Waals surface area contributed by atoms with Gasteiger partial charge in [-0.2, -0.15) is 5.10 Å². The molecular weight excluding hydrogens is 368 g/mol. The number of aryl methyl sites for hydroxylation is 1.